The predicted molar refractivity (Wildman–Crippen MR) is 87.0 cm³/mol. The Labute approximate surface area is 130 Å². The van der Waals surface area contributed by atoms with Gasteiger partial charge in [-0.3, -0.25) is 9.78 Å². The van der Waals surface area contributed by atoms with Crippen LogP contribution in [0.3, 0.4) is 0 Å². The number of aromatic nitrogens is 3. The number of aromatic amines is 1. The molecule has 22 heavy (non-hydrogen) atoms. The Morgan fingerprint density at radius 1 is 1.18 bits per heavy atom. The van der Waals surface area contributed by atoms with Gasteiger partial charge in [-0.2, -0.15) is 0 Å². The minimum absolute atomic E-state index is 0.0618. The Hall–Kier alpha value is -2.01. The highest BCUT2D eigenvalue weighted by atomic mass is 16.5. The lowest BCUT2D eigenvalue weighted by atomic mass is 9.93. The first kappa shape index (κ1) is 16.4. The fraction of sp³-hybridized carbons (Fsp3) is 0.471. The van der Waals surface area contributed by atoms with Crippen molar-refractivity contribution in [1.82, 2.24) is 15.0 Å². The van der Waals surface area contributed by atoms with Gasteiger partial charge in [0.25, 0.3) is 5.56 Å². The third-order valence-electron chi connectivity index (χ3n) is 3.75. The molecule has 0 radical (unpaired) electrons. The molecule has 1 N–H and O–H groups in total. The molecule has 2 aromatic heterocycles. The molecular formula is C17H23N3O2. The first-order valence-corrected chi connectivity index (χ1v) is 7.84. The molecule has 5 heteroatoms. The first-order valence-electron chi connectivity index (χ1n) is 7.84. The van der Waals surface area contributed by atoms with Crippen LogP contribution in [0, 0.1) is 6.92 Å². The number of hydrogen-bond donors (Lipinski definition) is 1. The van der Waals surface area contributed by atoms with E-state index in [0.29, 0.717) is 11.7 Å². The van der Waals surface area contributed by atoms with Crippen LogP contribution in [0.5, 0.6) is 0 Å². The third-order valence-corrected chi connectivity index (χ3v) is 3.75. The maximum Gasteiger partial charge on any atom is 0.254 e. The second kappa shape index (κ2) is 7.84. The van der Waals surface area contributed by atoms with Crippen molar-refractivity contribution < 1.29 is 4.74 Å². The van der Waals surface area contributed by atoms with E-state index < -0.39 is 0 Å². The molecule has 3 heterocycles. The van der Waals surface area contributed by atoms with E-state index in [0.717, 1.165) is 42.9 Å². The van der Waals surface area contributed by atoms with Crippen molar-refractivity contribution in [3.63, 3.8) is 0 Å². The van der Waals surface area contributed by atoms with Crippen LogP contribution in [-0.2, 0) is 4.74 Å². The summed E-state index contributed by atoms with van der Waals surface area (Å²) in [5.41, 5.74) is 2.44. The fourth-order valence-corrected chi connectivity index (χ4v) is 2.56. The van der Waals surface area contributed by atoms with E-state index in [-0.39, 0.29) is 5.56 Å². The molecule has 0 aromatic carbocycles. The molecule has 118 valence electrons. The maximum absolute atomic E-state index is 12.1. The van der Waals surface area contributed by atoms with Crippen molar-refractivity contribution in [2.24, 2.45) is 0 Å². The van der Waals surface area contributed by atoms with Gasteiger partial charge in [0.1, 0.15) is 5.82 Å². The number of hydrogen-bond acceptors (Lipinski definition) is 4. The van der Waals surface area contributed by atoms with E-state index >= 15 is 0 Å². The minimum atomic E-state index is -0.0618. The van der Waals surface area contributed by atoms with Crippen LogP contribution in [-0.4, -0.2) is 28.2 Å². The lowest BCUT2D eigenvalue weighted by Crippen LogP contribution is -2.22. The second-order valence-corrected chi connectivity index (χ2v) is 5.05. The number of nitrogens with one attached hydrogen (secondary N) is 1. The molecule has 1 aliphatic heterocycles. The second-order valence-electron chi connectivity index (χ2n) is 5.05. The molecular weight excluding hydrogens is 278 g/mol. The lowest BCUT2D eigenvalue weighted by Gasteiger charge is -2.23. The van der Waals surface area contributed by atoms with Crippen molar-refractivity contribution in [2.75, 3.05) is 13.2 Å². The Bertz CT molecular complexity index is 647. The van der Waals surface area contributed by atoms with Gasteiger partial charge in [0.2, 0.25) is 0 Å². The first-order chi connectivity index (χ1) is 10.8. The van der Waals surface area contributed by atoms with Gasteiger partial charge >= 0.3 is 0 Å². The van der Waals surface area contributed by atoms with Gasteiger partial charge < -0.3 is 9.72 Å². The highest BCUT2D eigenvalue weighted by molar-refractivity contribution is 5.54. The largest absolute Gasteiger partial charge is 0.381 e. The lowest BCUT2D eigenvalue weighted by molar-refractivity contribution is 0.0843. The highest BCUT2D eigenvalue weighted by Gasteiger charge is 2.21. The number of ether oxygens (including phenoxy) is 1. The number of H-pyrrole nitrogens is 1. The summed E-state index contributed by atoms with van der Waals surface area (Å²) in [6.07, 6.45) is 5.24. The van der Waals surface area contributed by atoms with Crippen molar-refractivity contribution >= 4 is 0 Å². The van der Waals surface area contributed by atoms with E-state index in [1.165, 1.54) is 0 Å². The molecule has 1 saturated heterocycles. The maximum atomic E-state index is 12.1. The Kier molecular flexibility index (Phi) is 5.83. The van der Waals surface area contributed by atoms with Crippen LogP contribution in [0.25, 0.3) is 11.4 Å². The van der Waals surface area contributed by atoms with E-state index in [9.17, 15) is 4.79 Å². The van der Waals surface area contributed by atoms with Gasteiger partial charge in [-0.25, -0.2) is 4.98 Å². The summed E-state index contributed by atoms with van der Waals surface area (Å²) in [4.78, 5) is 23.7. The average Bonchev–Trinajstić information content (AvgIpc) is 2.60. The van der Waals surface area contributed by atoms with E-state index in [1.807, 2.05) is 32.9 Å². The van der Waals surface area contributed by atoms with Crippen LogP contribution in [0.1, 0.15) is 43.9 Å². The van der Waals surface area contributed by atoms with Gasteiger partial charge in [-0.15, -0.1) is 0 Å². The van der Waals surface area contributed by atoms with Crippen molar-refractivity contribution in [2.45, 2.75) is 39.5 Å². The Morgan fingerprint density at radius 3 is 2.45 bits per heavy atom. The van der Waals surface area contributed by atoms with Crippen LogP contribution in [0.2, 0.25) is 0 Å². The Balaban J connectivity index is 0.000000847. The van der Waals surface area contributed by atoms with Gasteiger partial charge in [-0.05, 0) is 31.9 Å². The zero-order chi connectivity index (χ0) is 15.9. The summed E-state index contributed by atoms with van der Waals surface area (Å²) in [7, 11) is 0. The summed E-state index contributed by atoms with van der Waals surface area (Å²) in [6.45, 7) is 7.32. The molecule has 0 spiro atoms. The van der Waals surface area contributed by atoms with E-state index in [1.54, 1.807) is 12.4 Å². The van der Waals surface area contributed by atoms with Crippen LogP contribution in [0.15, 0.2) is 29.3 Å². The minimum Gasteiger partial charge on any atom is -0.381 e. The molecule has 0 unspecified atom stereocenters. The number of nitrogens with zero attached hydrogens (tertiary/aromatic N) is 2. The average molecular weight is 301 g/mol. The fourth-order valence-electron chi connectivity index (χ4n) is 2.56. The summed E-state index contributed by atoms with van der Waals surface area (Å²) in [6, 6.07) is 3.70. The smallest absolute Gasteiger partial charge is 0.254 e. The monoisotopic (exact) mass is 301 g/mol. The van der Waals surface area contributed by atoms with Crippen molar-refractivity contribution in [3.8, 4) is 11.4 Å². The molecule has 0 amide bonds. The van der Waals surface area contributed by atoms with Gasteiger partial charge in [0.15, 0.2) is 0 Å². The van der Waals surface area contributed by atoms with Crippen molar-refractivity contribution in [1.29, 1.82) is 0 Å². The molecule has 5 nitrogen and oxygen atoms in total. The van der Waals surface area contributed by atoms with Gasteiger partial charge in [-0.1, -0.05) is 13.8 Å². The topological polar surface area (TPSA) is 67.9 Å². The molecule has 0 aliphatic carbocycles. The summed E-state index contributed by atoms with van der Waals surface area (Å²) in [5.74, 6) is 0.927. The van der Waals surface area contributed by atoms with Gasteiger partial charge in [0.05, 0.1) is 5.69 Å². The summed E-state index contributed by atoms with van der Waals surface area (Å²) in [5, 5.41) is 0. The molecule has 0 atom stereocenters. The molecule has 1 aliphatic rings. The molecule has 2 aromatic rings. The number of rotatable bonds is 2. The zero-order valence-corrected chi connectivity index (χ0v) is 13.4. The normalized spacial score (nSPS) is 15.0. The van der Waals surface area contributed by atoms with Crippen LogP contribution in [0.4, 0.5) is 0 Å². The molecule has 3 rings (SSSR count). The van der Waals surface area contributed by atoms with Gasteiger partial charge in [0, 0.05) is 42.7 Å². The summed E-state index contributed by atoms with van der Waals surface area (Å²) >= 11 is 0. The van der Waals surface area contributed by atoms with E-state index in [4.69, 9.17) is 4.74 Å². The van der Waals surface area contributed by atoms with Crippen molar-refractivity contribution in [3.05, 3.63) is 46.1 Å². The third kappa shape index (κ3) is 3.60. The Morgan fingerprint density at radius 2 is 1.82 bits per heavy atom. The highest BCUT2D eigenvalue weighted by Crippen LogP contribution is 2.27. The quantitative estimate of drug-likeness (QED) is 0.925. The SMILES string of the molecule is CC.Cc1c(C2CCOCC2)nc(-c2ccncc2)[nH]c1=O. The molecule has 0 saturated carbocycles. The number of pyridine rings is 1. The van der Waals surface area contributed by atoms with Crippen LogP contribution < -0.4 is 5.56 Å². The van der Waals surface area contributed by atoms with Crippen LogP contribution >= 0.6 is 0 Å². The summed E-state index contributed by atoms with van der Waals surface area (Å²) < 4.78 is 5.38. The predicted octanol–water partition coefficient (Wildman–Crippen LogP) is 3.06. The standard InChI is InChI=1S/C15H17N3O2.C2H6/c1-10-13(11-4-8-20-9-5-11)17-14(18-15(10)19)12-2-6-16-7-3-12;1-2/h2-3,6-7,11H,4-5,8-9H2,1H3,(H,17,18,19);1-2H3. The zero-order valence-electron chi connectivity index (χ0n) is 13.4. The van der Waals surface area contributed by atoms with E-state index in [2.05, 4.69) is 15.0 Å². The molecule has 1 fully saturated rings. The molecule has 0 bridgehead atoms.